The zero-order valence-corrected chi connectivity index (χ0v) is 15.1. The zero-order valence-electron chi connectivity index (χ0n) is 14.3. The Kier molecular flexibility index (Phi) is 7.64. The second-order valence-electron chi connectivity index (χ2n) is 5.33. The number of halogens is 3. The summed E-state index contributed by atoms with van der Waals surface area (Å²) in [6.07, 6.45) is -0.810. The molecule has 2 heterocycles. The van der Waals surface area contributed by atoms with E-state index in [1.165, 1.54) is 0 Å². The topological polar surface area (TPSA) is 74.2 Å². The Morgan fingerprint density at radius 1 is 1.19 bits per heavy atom. The summed E-state index contributed by atoms with van der Waals surface area (Å²) in [6, 6.07) is 5.70. The lowest BCUT2D eigenvalue weighted by Gasteiger charge is -2.11. The minimum Gasteiger partial charge on any atom is -0.370 e. The van der Waals surface area contributed by atoms with Crippen molar-refractivity contribution in [1.82, 2.24) is 20.6 Å². The van der Waals surface area contributed by atoms with Crippen LogP contribution in [-0.4, -0.2) is 36.1 Å². The van der Waals surface area contributed by atoms with E-state index in [0.717, 1.165) is 41.9 Å². The first kappa shape index (κ1) is 20.0. The van der Waals surface area contributed by atoms with Gasteiger partial charge in [-0.15, -0.1) is 11.3 Å². The third-order valence-corrected chi connectivity index (χ3v) is 4.19. The highest BCUT2D eigenvalue weighted by molar-refractivity contribution is 7.09. The average Bonchev–Trinajstić information content (AvgIpc) is 3.11. The van der Waals surface area contributed by atoms with Crippen LogP contribution in [-0.2, 0) is 12.7 Å². The summed E-state index contributed by atoms with van der Waals surface area (Å²) in [6.45, 7) is 1.71. The molecule has 0 spiro atoms. The zero-order chi connectivity index (χ0) is 18.8. The van der Waals surface area contributed by atoms with Gasteiger partial charge in [-0.2, -0.15) is 13.2 Å². The molecule has 0 fully saturated rings. The van der Waals surface area contributed by atoms with E-state index in [4.69, 9.17) is 0 Å². The maximum atomic E-state index is 12.5. The summed E-state index contributed by atoms with van der Waals surface area (Å²) >= 11 is 0.971. The third kappa shape index (κ3) is 6.87. The first-order valence-corrected chi connectivity index (χ1v) is 8.98. The van der Waals surface area contributed by atoms with Crippen molar-refractivity contribution in [3.63, 3.8) is 0 Å². The van der Waals surface area contributed by atoms with Crippen LogP contribution >= 0.6 is 11.3 Å². The van der Waals surface area contributed by atoms with Crippen LogP contribution in [0.1, 0.15) is 23.5 Å². The fraction of sp³-hybridized carbons (Fsp3) is 0.438. The molecule has 26 heavy (non-hydrogen) atoms. The summed E-state index contributed by atoms with van der Waals surface area (Å²) in [5.74, 6) is 1.38. The van der Waals surface area contributed by atoms with E-state index < -0.39 is 11.9 Å². The van der Waals surface area contributed by atoms with Crippen molar-refractivity contribution >= 4 is 23.1 Å². The summed E-state index contributed by atoms with van der Waals surface area (Å²) in [4.78, 5) is 11.8. The molecule has 6 nitrogen and oxygen atoms in total. The molecule has 0 aromatic carbocycles. The molecular formula is C16H21F3N6S. The van der Waals surface area contributed by atoms with Crippen LogP contribution in [0, 0.1) is 0 Å². The highest BCUT2D eigenvalue weighted by atomic mass is 32.1. The molecule has 0 saturated heterocycles. The van der Waals surface area contributed by atoms with Crippen LogP contribution in [0.5, 0.6) is 0 Å². The summed E-state index contributed by atoms with van der Waals surface area (Å²) in [5, 5.41) is 10.7. The number of alkyl halides is 3. The quantitative estimate of drug-likeness (QED) is 0.369. The van der Waals surface area contributed by atoms with Gasteiger partial charge in [0.2, 0.25) is 0 Å². The number of unbranched alkanes of at least 4 members (excludes halogenated alkanes) is 1. The number of guanidine groups is 1. The predicted octanol–water partition coefficient (Wildman–Crippen LogP) is 3.11. The van der Waals surface area contributed by atoms with E-state index in [1.807, 2.05) is 18.2 Å². The normalized spacial score (nSPS) is 12.1. The van der Waals surface area contributed by atoms with Crippen molar-refractivity contribution in [3.8, 4) is 0 Å². The molecule has 0 bridgehead atoms. The van der Waals surface area contributed by atoms with Crippen LogP contribution in [0.15, 0.2) is 34.8 Å². The first-order valence-electron chi connectivity index (χ1n) is 8.10. The monoisotopic (exact) mass is 386 g/mol. The van der Waals surface area contributed by atoms with E-state index in [1.54, 1.807) is 13.2 Å². The van der Waals surface area contributed by atoms with Crippen LogP contribution in [0.3, 0.4) is 0 Å². The molecule has 2 aromatic heterocycles. The lowest BCUT2D eigenvalue weighted by Crippen LogP contribution is -2.37. The van der Waals surface area contributed by atoms with Gasteiger partial charge in [0.1, 0.15) is 10.8 Å². The Hall–Kier alpha value is -2.36. The van der Waals surface area contributed by atoms with Crippen LogP contribution in [0.25, 0.3) is 0 Å². The number of hydrogen-bond donors (Lipinski definition) is 3. The van der Waals surface area contributed by atoms with Gasteiger partial charge in [-0.05, 0) is 25.0 Å². The Labute approximate surface area is 154 Å². The molecular weight excluding hydrogens is 365 g/mol. The molecule has 0 amide bonds. The Morgan fingerprint density at radius 3 is 2.65 bits per heavy atom. The van der Waals surface area contributed by atoms with Crippen molar-refractivity contribution in [1.29, 1.82) is 0 Å². The van der Waals surface area contributed by atoms with E-state index in [0.29, 0.717) is 17.5 Å². The van der Waals surface area contributed by atoms with Gasteiger partial charge < -0.3 is 16.0 Å². The molecule has 3 N–H and O–H groups in total. The molecule has 10 heteroatoms. The van der Waals surface area contributed by atoms with Crippen LogP contribution in [0.4, 0.5) is 19.0 Å². The number of thiazole rings is 1. The maximum Gasteiger partial charge on any atom is 0.434 e. The SMILES string of the molecule is CN=C(NCCCCNc1ccccn1)NCc1nc(C(F)(F)F)cs1. The number of aromatic nitrogens is 2. The highest BCUT2D eigenvalue weighted by Crippen LogP contribution is 2.29. The molecule has 2 aromatic rings. The van der Waals surface area contributed by atoms with E-state index in [-0.39, 0.29) is 6.54 Å². The fourth-order valence-electron chi connectivity index (χ4n) is 2.04. The second kappa shape index (κ2) is 9.95. The molecule has 0 atom stereocenters. The number of nitrogens with zero attached hydrogens (tertiary/aromatic N) is 3. The van der Waals surface area contributed by atoms with Crippen molar-refractivity contribution in [3.05, 3.63) is 40.5 Å². The summed E-state index contributed by atoms with van der Waals surface area (Å²) in [5.41, 5.74) is -0.859. The Balaban J connectivity index is 1.61. The van der Waals surface area contributed by atoms with Gasteiger partial charge in [0.25, 0.3) is 0 Å². The van der Waals surface area contributed by atoms with Crippen molar-refractivity contribution < 1.29 is 13.2 Å². The van der Waals surface area contributed by atoms with Crippen molar-refractivity contribution in [2.24, 2.45) is 4.99 Å². The van der Waals surface area contributed by atoms with Gasteiger partial charge >= 0.3 is 6.18 Å². The number of hydrogen-bond acceptors (Lipinski definition) is 5. The summed E-state index contributed by atoms with van der Waals surface area (Å²) < 4.78 is 37.6. The minimum absolute atomic E-state index is 0.196. The minimum atomic E-state index is -4.40. The molecule has 0 unspecified atom stereocenters. The lowest BCUT2D eigenvalue weighted by molar-refractivity contribution is -0.140. The van der Waals surface area contributed by atoms with Crippen LogP contribution in [0.2, 0.25) is 0 Å². The molecule has 0 aliphatic rings. The van der Waals surface area contributed by atoms with Gasteiger partial charge in [0.05, 0.1) is 6.54 Å². The van der Waals surface area contributed by atoms with Crippen molar-refractivity contribution in [2.45, 2.75) is 25.6 Å². The maximum absolute atomic E-state index is 12.5. The van der Waals surface area contributed by atoms with Gasteiger partial charge in [-0.1, -0.05) is 6.07 Å². The molecule has 142 valence electrons. The molecule has 0 aliphatic heterocycles. The lowest BCUT2D eigenvalue weighted by atomic mass is 10.3. The molecule has 0 radical (unpaired) electrons. The average molecular weight is 386 g/mol. The summed E-state index contributed by atoms with van der Waals surface area (Å²) in [7, 11) is 1.61. The Morgan fingerprint density at radius 2 is 2.00 bits per heavy atom. The molecule has 0 saturated carbocycles. The molecule has 2 rings (SSSR count). The molecule has 0 aliphatic carbocycles. The van der Waals surface area contributed by atoms with Gasteiger partial charge in [-0.3, -0.25) is 4.99 Å². The van der Waals surface area contributed by atoms with E-state index in [9.17, 15) is 13.2 Å². The first-order chi connectivity index (χ1) is 12.5. The number of aliphatic imine (C=N–C) groups is 1. The fourth-order valence-corrected chi connectivity index (χ4v) is 2.78. The third-order valence-electron chi connectivity index (χ3n) is 3.34. The highest BCUT2D eigenvalue weighted by Gasteiger charge is 2.33. The number of pyridine rings is 1. The van der Waals surface area contributed by atoms with E-state index >= 15 is 0 Å². The number of rotatable bonds is 8. The van der Waals surface area contributed by atoms with Gasteiger partial charge in [0, 0.05) is 31.7 Å². The largest absolute Gasteiger partial charge is 0.434 e. The van der Waals surface area contributed by atoms with E-state index in [2.05, 4.69) is 30.9 Å². The second-order valence-corrected chi connectivity index (χ2v) is 6.27. The predicted molar refractivity (Wildman–Crippen MR) is 97.3 cm³/mol. The van der Waals surface area contributed by atoms with Gasteiger partial charge in [-0.25, -0.2) is 9.97 Å². The standard InChI is InChI=1S/C16H21F3N6S/c1-20-15(24-10-14-25-12(11-26-14)16(17,18)19)23-9-5-4-8-22-13-6-2-3-7-21-13/h2-3,6-7,11H,4-5,8-10H2,1H3,(H,21,22)(H2,20,23,24). The number of nitrogens with one attached hydrogen (secondary N) is 3. The Bertz CT molecular complexity index is 687. The smallest absolute Gasteiger partial charge is 0.370 e. The van der Waals surface area contributed by atoms with Gasteiger partial charge in [0.15, 0.2) is 11.7 Å². The van der Waals surface area contributed by atoms with Crippen molar-refractivity contribution in [2.75, 3.05) is 25.5 Å². The number of anilines is 1. The van der Waals surface area contributed by atoms with Crippen LogP contribution < -0.4 is 16.0 Å².